The second-order valence-corrected chi connectivity index (χ2v) is 8.01. The van der Waals surface area contributed by atoms with Crippen LogP contribution in [0.4, 0.5) is 5.82 Å². The Balaban J connectivity index is 1.64. The molecule has 0 bridgehead atoms. The molecule has 1 aliphatic rings. The van der Waals surface area contributed by atoms with Crippen LogP contribution in [0.25, 0.3) is 22.3 Å². The van der Waals surface area contributed by atoms with Crippen LogP contribution in [0.5, 0.6) is 0 Å². The van der Waals surface area contributed by atoms with Gasteiger partial charge in [0.2, 0.25) is 5.91 Å². The molecule has 1 saturated heterocycles. The zero-order chi connectivity index (χ0) is 21.3. The Morgan fingerprint density at radius 1 is 1.27 bits per heavy atom. The highest BCUT2D eigenvalue weighted by Gasteiger charge is 2.30. The quantitative estimate of drug-likeness (QED) is 0.655. The van der Waals surface area contributed by atoms with E-state index in [1.165, 1.54) is 11.9 Å². The SMILES string of the molecule is Cc1ccc(-c2nn([C@@H]3CCN(C(=O)C=CCN(C)C)C3)c3ncnc(N)c23)cc1. The number of carbonyl (C=O) groups is 1. The zero-order valence-corrected chi connectivity index (χ0v) is 17.6. The first kappa shape index (κ1) is 20.0. The third-order valence-electron chi connectivity index (χ3n) is 5.40. The molecule has 1 fully saturated rings. The maximum absolute atomic E-state index is 12.5. The monoisotopic (exact) mass is 405 g/mol. The number of benzene rings is 1. The molecule has 0 aliphatic carbocycles. The maximum Gasteiger partial charge on any atom is 0.246 e. The molecule has 0 unspecified atom stereocenters. The van der Waals surface area contributed by atoms with E-state index < -0.39 is 0 Å². The number of fused-ring (bicyclic) bond motifs is 1. The summed E-state index contributed by atoms with van der Waals surface area (Å²) in [6.07, 6.45) is 5.84. The van der Waals surface area contributed by atoms with E-state index in [2.05, 4.69) is 29.0 Å². The fourth-order valence-corrected chi connectivity index (χ4v) is 3.77. The van der Waals surface area contributed by atoms with Crippen molar-refractivity contribution in [2.24, 2.45) is 0 Å². The largest absolute Gasteiger partial charge is 0.383 e. The number of nitrogens with zero attached hydrogens (tertiary/aromatic N) is 6. The Bertz CT molecular complexity index is 1080. The van der Waals surface area contributed by atoms with Crippen LogP contribution in [0.3, 0.4) is 0 Å². The molecule has 1 aliphatic heterocycles. The van der Waals surface area contributed by atoms with Gasteiger partial charge in [-0.3, -0.25) is 4.79 Å². The van der Waals surface area contributed by atoms with Crippen LogP contribution in [0.1, 0.15) is 18.0 Å². The number of nitrogen functional groups attached to an aromatic ring is 1. The highest BCUT2D eigenvalue weighted by molar-refractivity contribution is 5.98. The number of hydrogen-bond acceptors (Lipinski definition) is 6. The van der Waals surface area contributed by atoms with Gasteiger partial charge in [0, 0.05) is 31.3 Å². The lowest BCUT2D eigenvalue weighted by molar-refractivity contribution is -0.125. The molecule has 2 aromatic heterocycles. The first-order chi connectivity index (χ1) is 14.4. The third-order valence-corrected chi connectivity index (χ3v) is 5.40. The molecule has 0 saturated carbocycles. The third kappa shape index (κ3) is 3.91. The van der Waals surface area contributed by atoms with Crippen molar-refractivity contribution in [1.29, 1.82) is 0 Å². The standard InChI is InChI=1S/C22H27N7O/c1-15-6-8-16(9-7-15)20-19-21(23)24-14-25-22(19)29(26-20)17-10-12-28(13-17)18(30)5-4-11-27(2)3/h4-9,14,17H,10-13H2,1-3H3,(H2,23,24,25)/t17-/m1/s1. The van der Waals surface area contributed by atoms with Crippen LogP contribution in [0.15, 0.2) is 42.7 Å². The minimum absolute atomic E-state index is 0.0312. The number of likely N-dealkylation sites (tertiary alicyclic amines) is 1. The number of nitrogens with two attached hydrogens (primary N) is 1. The summed E-state index contributed by atoms with van der Waals surface area (Å²) in [6.45, 7) is 4.08. The van der Waals surface area contributed by atoms with Gasteiger partial charge in [0.15, 0.2) is 5.65 Å². The Morgan fingerprint density at radius 2 is 2.03 bits per heavy atom. The van der Waals surface area contributed by atoms with Crippen LogP contribution in [0.2, 0.25) is 0 Å². The van der Waals surface area contributed by atoms with Crippen molar-refractivity contribution in [1.82, 2.24) is 29.5 Å². The number of carbonyl (C=O) groups excluding carboxylic acids is 1. The van der Waals surface area contributed by atoms with Crippen molar-refractivity contribution in [3.05, 3.63) is 48.3 Å². The number of aryl methyl sites for hydroxylation is 1. The molecule has 3 aromatic rings. The van der Waals surface area contributed by atoms with Gasteiger partial charge in [-0.1, -0.05) is 35.9 Å². The van der Waals surface area contributed by atoms with E-state index >= 15 is 0 Å². The number of anilines is 1. The predicted octanol–water partition coefficient (Wildman–Crippen LogP) is 2.28. The van der Waals surface area contributed by atoms with Crippen LogP contribution < -0.4 is 5.73 Å². The van der Waals surface area contributed by atoms with Crippen molar-refractivity contribution in [2.45, 2.75) is 19.4 Å². The first-order valence-electron chi connectivity index (χ1n) is 10.1. The smallest absolute Gasteiger partial charge is 0.246 e. The fraction of sp³-hybridized carbons (Fsp3) is 0.364. The molecule has 8 heteroatoms. The summed E-state index contributed by atoms with van der Waals surface area (Å²) in [5, 5.41) is 5.64. The predicted molar refractivity (Wildman–Crippen MR) is 118 cm³/mol. The minimum atomic E-state index is 0.0312. The minimum Gasteiger partial charge on any atom is -0.383 e. The molecular weight excluding hydrogens is 378 g/mol. The number of aromatic nitrogens is 4. The van der Waals surface area contributed by atoms with Crippen molar-refractivity contribution >= 4 is 22.8 Å². The average Bonchev–Trinajstić information content (AvgIpc) is 3.34. The molecule has 8 nitrogen and oxygen atoms in total. The number of likely N-dealkylation sites (N-methyl/N-ethyl adjacent to an activating group) is 1. The van der Waals surface area contributed by atoms with E-state index in [9.17, 15) is 4.79 Å². The molecule has 1 aromatic carbocycles. The summed E-state index contributed by atoms with van der Waals surface area (Å²) >= 11 is 0. The van der Waals surface area contributed by atoms with E-state index in [1.807, 2.05) is 46.8 Å². The summed E-state index contributed by atoms with van der Waals surface area (Å²) in [5.41, 5.74) is 9.85. The van der Waals surface area contributed by atoms with Crippen molar-refractivity contribution in [2.75, 3.05) is 39.5 Å². The lowest BCUT2D eigenvalue weighted by Crippen LogP contribution is -2.28. The van der Waals surface area contributed by atoms with E-state index in [0.29, 0.717) is 24.6 Å². The summed E-state index contributed by atoms with van der Waals surface area (Å²) in [7, 11) is 3.95. The van der Waals surface area contributed by atoms with Gasteiger partial charge >= 0.3 is 0 Å². The van der Waals surface area contributed by atoms with Gasteiger partial charge in [-0.2, -0.15) is 5.10 Å². The van der Waals surface area contributed by atoms with Crippen LogP contribution >= 0.6 is 0 Å². The first-order valence-corrected chi connectivity index (χ1v) is 10.1. The van der Waals surface area contributed by atoms with Crippen molar-refractivity contribution in [3.63, 3.8) is 0 Å². The van der Waals surface area contributed by atoms with Gasteiger partial charge in [0.25, 0.3) is 0 Å². The van der Waals surface area contributed by atoms with E-state index in [-0.39, 0.29) is 11.9 Å². The summed E-state index contributed by atoms with van der Waals surface area (Å²) < 4.78 is 1.92. The summed E-state index contributed by atoms with van der Waals surface area (Å²) in [4.78, 5) is 25.1. The second-order valence-electron chi connectivity index (χ2n) is 8.01. The van der Waals surface area contributed by atoms with Crippen molar-refractivity contribution in [3.8, 4) is 11.3 Å². The lowest BCUT2D eigenvalue weighted by atomic mass is 10.1. The Hall–Kier alpha value is -3.26. The van der Waals surface area contributed by atoms with Gasteiger partial charge in [0.1, 0.15) is 17.8 Å². The lowest BCUT2D eigenvalue weighted by Gasteiger charge is -2.15. The molecule has 0 spiro atoms. The molecular formula is C22H27N7O. The Labute approximate surface area is 176 Å². The van der Waals surface area contributed by atoms with Gasteiger partial charge in [-0.05, 0) is 27.4 Å². The average molecular weight is 406 g/mol. The van der Waals surface area contributed by atoms with Gasteiger partial charge in [0.05, 0.1) is 11.4 Å². The molecule has 156 valence electrons. The molecule has 0 radical (unpaired) electrons. The second kappa shape index (κ2) is 8.23. The highest BCUT2D eigenvalue weighted by Crippen LogP contribution is 2.33. The van der Waals surface area contributed by atoms with E-state index in [4.69, 9.17) is 10.8 Å². The van der Waals surface area contributed by atoms with E-state index in [1.54, 1.807) is 6.08 Å². The molecule has 2 N–H and O–H groups in total. The van der Waals surface area contributed by atoms with Gasteiger partial charge in [-0.15, -0.1) is 0 Å². The maximum atomic E-state index is 12.5. The Kier molecular flexibility index (Phi) is 5.50. The van der Waals surface area contributed by atoms with Gasteiger partial charge < -0.3 is 15.5 Å². The number of hydrogen-bond donors (Lipinski definition) is 1. The van der Waals surface area contributed by atoms with Crippen LogP contribution in [-0.4, -0.2) is 69.2 Å². The Morgan fingerprint density at radius 3 is 2.77 bits per heavy atom. The summed E-state index contributed by atoms with van der Waals surface area (Å²) in [5.74, 6) is 0.447. The topological polar surface area (TPSA) is 93.2 Å². The molecule has 3 heterocycles. The van der Waals surface area contributed by atoms with Gasteiger partial charge in [-0.25, -0.2) is 14.6 Å². The molecule has 1 amide bonds. The van der Waals surface area contributed by atoms with Crippen LogP contribution in [-0.2, 0) is 4.79 Å². The zero-order valence-electron chi connectivity index (χ0n) is 17.6. The van der Waals surface area contributed by atoms with Crippen molar-refractivity contribution < 1.29 is 4.79 Å². The highest BCUT2D eigenvalue weighted by atomic mass is 16.2. The number of rotatable bonds is 5. The molecule has 1 atom stereocenters. The normalized spacial score (nSPS) is 16.9. The fourth-order valence-electron chi connectivity index (χ4n) is 3.77. The summed E-state index contributed by atoms with van der Waals surface area (Å²) in [6, 6.07) is 8.22. The molecule has 30 heavy (non-hydrogen) atoms. The number of amides is 1. The molecule has 4 rings (SSSR count). The van der Waals surface area contributed by atoms with E-state index in [0.717, 1.165) is 29.6 Å². The van der Waals surface area contributed by atoms with Crippen LogP contribution in [0, 0.1) is 6.92 Å².